The first-order valence-electron chi connectivity index (χ1n) is 9.62. The van der Waals surface area contributed by atoms with Crippen molar-refractivity contribution in [3.8, 4) is 11.6 Å². The lowest BCUT2D eigenvalue weighted by atomic mass is 10.1. The molecule has 3 rings (SSSR count). The molecule has 0 radical (unpaired) electrons. The van der Waals surface area contributed by atoms with E-state index in [4.69, 9.17) is 4.74 Å². The molecule has 6 nitrogen and oxygen atoms in total. The Bertz CT molecular complexity index is 1090. The Morgan fingerprint density at radius 2 is 1.90 bits per heavy atom. The number of hydrogen-bond donors (Lipinski definition) is 1. The summed E-state index contributed by atoms with van der Waals surface area (Å²) in [7, 11) is 0. The number of carbonyl (C=O) groups is 1. The Labute approximate surface area is 170 Å². The van der Waals surface area contributed by atoms with Crippen molar-refractivity contribution in [3.63, 3.8) is 0 Å². The fraction of sp³-hybridized carbons (Fsp3) is 0.261. The second-order valence-electron chi connectivity index (χ2n) is 6.99. The number of anilines is 1. The third-order valence-electron chi connectivity index (χ3n) is 4.78. The van der Waals surface area contributed by atoms with Crippen molar-refractivity contribution < 1.29 is 9.53 Å². The van der Waals surface area contributed by atoms with Gasteiger partial charge in [0.15, 0.2) is 6.10 Å². The minimum Gasteiger partial charge on any atom is -0.463 e. The van der Waals surface area contributed by atoms with Gasteiger partial charge in [0.2, 0.25) is 5.88 Å². The Hall–Kier alpha value is -3.41. The molecule has 3 aromatic rings. The van der Waals surface area contributed by atoms with Gasteiger partial charge in [-0.25, -0.2) is 0 Å². The maximum absolute atomic E-state index is 12.5. The molecule has 0 aliphatic rings. The number of carbonyl (C=O) groups excluding carboxylic acids is 1. The van der Waals surface area contributed by atoms with E-state index in [-0.39, 0.29) is 17.3 Å². The van der Waals surface area contributed by atoms with Gasteiger partial charge in [0.1, 0.15) is 0 Å². The van der Waals surface area contributed by atoms with Crippen LogP contribution in [0.5, 0.6) is 5.88 Å². The lowest BCUT2D eigenvalue weighted by molar-refractivity contribution is -0.122. The fourth-order valence-corrected chi connectivity index (χ4v) is 2.85. The maximum atomic E-state index is 12.5. The topological polar surface area (TPSA) is 73.2 Å². The summed E-state index contributed by atoms with van der Waals surface area (Å²) in [6.07, 6.45) is 0.109. The molecular weight excluding hydrogens is 366 g/mol. The second-order valence-corrected chi connectivity index (χ2v) is 6.99. The third kappa shape index (κ3) is 4.90. The van der Waals surface area contributed by atoms with Crippen LogP contribution >= 0.6 is 0 Å². The number of hydrogen-bond acceptors (Lipinski definition) is 4. The predicted molar refractivity (Wildman–Crippen MR) is 114 cm³/mol. The number of rotatable bonds is 6. The zero-order valence-electron chi connectivity index (χ0n) is 17.1. The van der Waals surface area contributed by atoms with Crippen molar-refractivity contribution in [2.75, 3.05) is 5.32 Å². The van der Waals surface area contributed by atoms with Crippen LogP contribution in [0.3, 0.4) is 0 Å². The molecular formula is C23H25N3O3. The van der Waals surface area contributed by atoms with Gasteiger partial charge in [-0.05, 0) is 68.1 Å². The lowest BCUT2D eigenvalue weighted by Gasteiger charge is -2.15. The quantitative estimate of drug-likeness (QED) is 0.693. The van der Waals surface area contributed by atoms with Gasteiger partial charge < -0.3 is 10.1 Å². The molecule has 0 spiro atoms. The summed E-state index contributed by atoms with van der Waals surface area (Å²) < 4.78 is 6.97. The van der Waals surface area contributed by atoms with Crippen LogP contribution in [-0.4, -0.2) is 21.8 Å². The van der Waals surface area contributed by atoms with Gasteiger partial charge in [-0.2, -0.15) is 4.68 Å². The van der Waals surface area contributed by atoms with E-state index < -0.39 is 6.10 Å². The second kappa shape index (κ2) is 8.73. The number of benzene rings is 2. The van der Waals surface area contributed by atoms with E-state index in [0.717, 1.165) is 28.8 Å². The molecule has 0 aliphatic heterocycles. The SMILES string of the molecule is CCc1cccc(NC(=O)[C@@H](C)Oc2ccc(=O)n(-c3ccc(C)c(C)c3)n2)c1. The monoisotopic (exact) mass is 391 g/mol. The number of nitrogens with one attached hydrogen (secondary N) is 1. The normalized spacial score (nSPS) is 11.7. The molecule has 29 heavy (non-hydrogen) atoms. The molecule has 1 aromatic heterocycles. The highest BCUT2D eigenvalue weighted by molar-refractivity contribution is 5.94. The van der Waals surface area contributed by atoms with Crippen molar-refractivity contribution in [2.24, 2.45) is 0 Å². The van der Waals surface area contributed by atoms with Gasteiger partial charge in [0, 0.05) is 17.8 Å². The summed E-state index contributed by atoms with van der Waals surface area (Å²) in [5, 5.41) is 7.12. The van der Waals surface area contributed by atoms with Crippen molar-refractivity contribution in [3.05, 3.63) is 81.6 Å². The fourth-order valence-electron chi connectivity index (χ4n) is 2.85. The smallest absolute Gasteiger partial charge is 0.271 e. The van der Waals surface area contributed by atoms with E-state index in [1.165, 1.54) is 16.8 Å². The van der Waals surface area contributed by atoms with Crippen LogP contribution in [0.25, 0.3) is 5.69 Å². The predicted octanol–water partition coefficient (Wildman–Crippen LogP) is 3.82. The molecule has 6 heteroatoms. The Balaban J connectivity index is 1.76. The highest BCUT2D eigenvalue weighted by Crippen LogP contribution is 2.15. The summed E-state index contributed by atoms with van der Waals surface area (Å²) in [5.74, 6) is -0.0863. The molecule has 2 aromatic carbocycles. The van der Waals surface area contributed by atoms with E-state index in [2.05, 4.69) is 17.3 Å². The van der Waals surface area contributed by atoms with Crippen molar-refractivity contribution in [2.45, 2.75) is 40.2 Å². The van der Waals surface area contributed by atoms with Gasteiger partial charge in [-0.15, -0.1) is 5.10 Å². The van der Waals surface area contributed by atoms with Crippen molar-refractivity contribution in [1.82, 2.24) is 9.78 Å². The van der Waals surface area contributed by atoms with Crippen LogP contribution in [0.4, 0.5) is 5.69 Å². The molecule has 0 aliphatic carbocycles. The van der Waals surface area contributed by atoms with E-state index in [1.54, 1.807) is 6.92 Å². The average Bonchev–Trinajstić information content (AvgIpc) is 2.71. The molecule has 0 saturated carbocycles. The van der Waals surface area contributed by atoms with Crippen LogP contribution in [0.2, 0.25) is 0 Å². The van der Waals surface area contributed by atoms with Gasteiger partial charge >= 0.3 is 0 Å². The number of ether oxygens (including phenoxy) is 1. The van der Waals surface area contributed by atoms with Crippen LogP contribution < -0.4 is 15.6 Å². The molecule has 1 heterocycles. The Morgan fingerprint density at radius 1 is 1.10 bits per heavy atom. The standard InChI is InChI=1S/C23H25N3O3/c1-5-18-7-6-8-19(14-18)24-23(28)17(4)29-21-11-12-22(27)26(25-21)20-10-9-15(2)16(3)13-20/h6-14,17H,5H2,1-4H3,(H,24,28)/t17-/m1/s1. The number of amides is 1. The van der Waals surface area contributed by atoms with Gasteiger partial charge in [-0.1, -0.05) is 25.1 Å². The summed E-state index contributed by atoms with van der Waals surface area (Å²) in [6, 6.07) is 16.2. The Morgan fingerprint density at radius 3 is 2.62 bits per heavy atom. The maximum Gasteiger partial charge on any atom is 0.271 e. The highest BCUT2D eigenvalue weighted by Gasteiger charge is 2.16. The molecule has 0 unspecified atom stereocenters. The zero-order chi connectivity index (χ0) is 21.0. The van der Waals surface area contributed by atoms with E-state index in [9.17, 15) is 9.59 Å². The summed E-state index contributed by atoms with van der Waals surface area (Å²) in [5.41, 5.74) is 4.43. The van der Waals surface area contributed by atoms with E-state index >= 15 is 0 Å². The number of aromatic nitrogens is 2. The van der Waals surface area contributed by atoms with Crippen LogP contribution in [-0.2, 0) is 11.2 Å². The summed E-state index contributed by atoms with van der Waals surface area (Å²) >= 11 is 0. The first kappa shape index (κ1) is 20.3. The molecule has 0 fully saturated rings. The minimum atomic E-state index is -0.779. The van der Waals surface area contributed by atoms with Crippen LogP contribution in [0, 0.1) is 13.8 Å². The minimum absolute atomic E-state index is 0.202. The molecule has 0 saturated heterocycles. The molecule has 0 bridgehead atoms. The first-order valence-corrected chi connectivity index (χ1v) is 9.62. The average molecular weight is 391 g/mol. The molecule has 1 amide bonds. The number of nitrogens with zero attached hydrogens (tertiary/aromatic N) is 2. The van der Waals surface area contributed by atoms with E-state index in [1.807, 2.05) is 56.3 Å². The van der Waals surface area contributed by atoms with Crippen LogP contribution in [0.1, 0.15) is 30.5 Å². The number of aryl methyl sites for hydroxylation is 3. The van der Waals surface area contributed by atoms with Gasteiger partial charge in [-0.3, -0.25) is 9.59 Å². The van der Waals surface area contributed by atoms with Crippen molar-refractivity contribution >= 4 is 11.6 Å². The van der Waals surface area contributed by atoms with Gasteiger partial charge in [0.05, 0.1) is 5.69 Å². The lowest BCUT2D eigenvalue weighted by Crippen LogP contribution is -2.31. The largest absolute Gasteiger partial charge is 0.463 e. The Kier molecular flexibility index (Phi) is 6.12. The molecule has 150 valence electrons. The highest BCUT2D eigenvalue weighted by atomic mass is 16.5. The molecule has 1 atom stereocenters. The first-order chi connectivity index (χ1) is 13.9. The van der Waals surface area contributed by atoms with Crippen LogP contribution in [0.15, 0.2) is 59.4 Å². The summed E-state index contributed by atoms with van der Waals surface area (Å²) in [4.78, 5) is 24.7. The third-order valence-corrected chi connectivity index (χ3v) is 4.78. The van der Waals surface area contributed by atoms with Crippen molar-refractivity contribution in [1.29, 1.82) is 0 Å². The zero-order valence-corrected chi connectivity index (χ0v) is 17.1. The summed E-state index contributed by atoms with van der Waals surface area (Å²) in [6.45, 7) is 7.68. The van der Waals surface area contributed by atoms with E-state index in [0.29, 0.717) is 5.69 Å². The molecule has 1 N–H and O–H groups in total. The van der Waals surface area contributed by atoms with Gasteiger partial charge in [0.25, 0.3) is 11.5 Å².